The number of anilines is 1. The largest absolute Gasteiger partial charge is 0.424 e. The predicted molar refractivity (Wildman–Crippen MR) is 87.5 cm³/mol. The second-order valence-corrected chi connectivity index (χ2v) is 5.57. The lowest BCUT2D eigenvalue weighted by molar-refractivity contribution is -0.380. The van der Waals surface area contributed by atoms with Gasteiger partial charge in [0.1, 0.15) is 5.75 Å². The summed E-state index contributed by atoms with van der Waals surface area (Å²) in [5.74, 6) is 0.110. The number of hydrogen-bond acceptors (Lipinski definition) is 7. The van der Waals surface area contributed by atoms with E-state index in [1.807, 2.05) is 0 Å². The third-order valence-electron chi connectivity index (χ3n) is 2.86. The van der Waals surface area contributed by atoms with Crippen LogP contribution in [0.5, 0.6) is 11.8 Å². The van der Waals surface area contributed by atoms with Crippen LogP contribution < -0.4 is 10.1 Å². The van der Waals surface area contributed by atoms with Crippen LogP contribution in [0.1, 0.15) is 9.67 Å². The van der Waals surface area contributed by atoms with E-state index in [4.69, 9.17) is 4.74 Å². The maximum atomic E-state index is 12.1. The standard InChI is InChI=1S/C15H10N4O4S/c20-14(12-6-7-13(24-12)19(21)22)18-10-2-4-11(5-3-10)23-15-16-8-1-9-17-15/h1-9H,(H,18,20). The van der Waals surface area contributed by atoms with Gasteiger partial charge in [0, 0.05) is 24.1 Å². The highest BCUT2D eigenvalue weighted by atomic mass is 32.1. The molecule has 8 nitrogen and oxygen atoms in total. The minimum atomic E-state index is -0.529. The van der Waals surface area contributed by atoms with E-state index in [-0.39, 0.29) is 15.9 Å². The molecule has 0 radical (unpaired) electrons. The summed E-state index contributed by atoms with van der Waals surface area (Å²) in [5, 5.41) is 13.2. The molecule has 0 aliphatic heterocycles. The molecule has 1 N–H and O–H groups in total. The molecular formula is C15H10N4O4S. The van der Waals surface area contributed by atoms with E-state index in [0.29, 0.717) is 11.4 Å². The second kappa shape index (κ2) is 6.84. The molecule has 0 atom stereocenters. The Kier molecular flexibility index (Phi) is 4.43. The van der Waals surface area contributed by atoms with Gasteiger partial charge in [-0.05, 0) is 36.4 Å². The summed E-state index contributed by atoms with van der Waals surface area (Å²) in [6.07, 6.45) is 3.13. The van der Waals surface area contributed by atoms with Crippen LogP contribution in [0.4, 0.5) is 10.7 Å². The van der Waals surface area contributed by atoms with Crippen LogP contribution in [-0.4, -0.2) is 20.8 Å². The maximum absolute atomic E-state index is 12.1. The van der Waals surface area contributed by atoms with Gasteiger partial charge in [-0.3, -0.25) is 14.9 Å². The number of nitro groups is 1. The minimum Gasteiger partial charge on any atom is -0.424 e. The number of amides is 1. The highest BCUT2D eigenvalue weighted by Gasteiger charge is 2.15. The van der Waals surface area contributed by atoms with Gasteiger partial charge in [0.2, 0.25) is 0 Å². The van der Waals surface area contributed by atoms with Crippen molar-refractivity contribution < 1.29 is 14.5 Å². The van der Waals surface area contributed by atoms with Gasteiger partial charge in [-0.15, -0.1) is 0 Å². The fraction of sp³-hybridized carbons (Fsp3) is 0. The first-order chi connectivity index (χ1) is 11.6. The van der Waals surface area contributed by atoms with Crippen LogP contribution >= 0.6 is 11.3 Å². The van der Waals surface area contributed by atoms with E-state index < -0.39 is 10.8 Å². The summed E-state index contributed by atoms with van der Waals surface area (Å²) in [5.41, 5.74) is 0.539. The number of nitrogens with zero attached hydrogens (tertiary/aromatic N) is 3. The summed E-state index contributed by atoms with van der Waals surface area (Å²) < 4.78 is 5.44. The Labute approximate surface area is 139 Å². The van der Waals surface area contributed by atoms with Crippen molar-refractivity contribution in [3.05, 3.63) is 69.8 Å². The summed E-state index contributed by atoms with van der Waals surface area (Å²) in [4.78, 5) is 30.3. The smallest absolute Gasteiger partial charge is 0.324 e. The van der Waals surface area contributed by atoms with Gasteiger partial charge < -0.3 is 10.1 Å². The van der Waals surface area contributed by atoms with E-state index in [2.05, 4.69) is 15.3 Å². The van der Waals surface area contributed by atoms with Crippen LogP contribution in [0.3, 0.4) is 0 Å². The van der Waals surface area contributed by atoms with Crippen molar-refractivity contribution in [3.63, 3.8) is 0 Å². The van der Waals surface area contributed by atoms with Crippen LogP contribution in [0, 0.1) is 10.1 Å². The number of hydrogen-bond donors (Lipinski definition) is 1. The number of nitrogens with one attached hydrogen (secondary N) is 1. The van der Waals surface area contributed by atoms with E-state index in [0.717, 1.165) is 11.3 Å². The average molecular weight is 342 g/mol. The van der Waals surface area contributed by atoms with Crippen molar-refractivity contribution in [3.8, 4) is 11.8 Å². The quantitative estimate of drug-likeness (QED) is 0.562. The van der Waals surface area contributed by atoms with Crippen molar-refractivity contribution in [1.82, 2.24) is 9.97 Å². The second-order valence-electron chi connectivity index (χ2n) is 4.51. The number of ether oxygens (including phenoxy) is 1. The van der Waals surface area contributed by atoms with Gasteiger partial charge >= 0.3 is 11.0 Å². The summed E-state index contributed by atoms with van der Waals surface area (Å²) >= 11 is 0.821. The van der Waals surface area contributed by atoms with Crippen molar-refractivity contribution in [1.29, 1.82) is 0 Å². The first-order valence-electron chi connectivity index (χ1n) is 6.72. The lowest BCUT2D eigenvalue weighted by Crippen LogP contribution is -2.09. The number of rotatable bonds is 5. The third kappa shape index (κ3) is 3.70. The molecule has 0 aliphatic carbocycles. The van der Waals surface area contributed by atoms with Gasteiger partial charge in [-0.1, -0.05) is 11.3 Å². The molecule has 0 bridgehead atoms. The van der Waals surface area contributed by atoms with Crippen molar-refractivity contribution >= 4 is 27.9 Å². The first kappa shape index (κ1) is 15.6. The van der Waals surface area contributed by atoms with Crippen molar-refractivity contribution in [2.75, 3.05) is 5.32 Å². The van der Waals surface area contributed by atoms with Gasteiger partial charge in [-0.2, -0.15) is 0 Å². The zero-order valence-corrected chi connectivity index (χ0v) is 12.9. The minimum absolute atomic E-state index is 0.0771. The van der Waals surface area contributed by atoms with Gasteiger partial charge in [0.25, 0.3) is 5.91 Å². The molecule has 1 aromatic carbocycles. The number of thiophene rings is 1. The van der Waals surface area contributed by atoms with E-state index in [9.17, 15) is 14.9 Å². The highest BCUT2D eigenvalue weighted by molar-refractivity contribution is 7.17. The lowest BCUT2D eigenvalue weighted by Gasteiger charge is -2.06. The molecule has 3 rings (SSSR count). The Balaban J connectivity index is 1.65. The Morgan fingerprint density at radius 3 is 2.46 bits per heavy atom. The predicted octanol–water partition coefficient (Wildman–Crippen LogP) is 3.49. The molecular weight excluding hydrogens is 332 g/mol. The van der Waals surface area contributed by atoms with E-state index in [1.165, 1.54) is 12.1 Å². The molecule has 0 saturated carbocycles. The number of aromatic nitrogens is 2. The zero-order chi connectivity index (χ0) is 16.9. The number of benzene rings is 1. The zero-order valence-electron chi connectivity index (χ0n) is 12.1. The number of carbonyl (C=O) groups is 1. The van der Waals surface area contributed by atoms with Crippen molar-refractivity contribution in [2.45, 2.75) is 0 Å². The molecule has 2 heterocycles. The van der Waals surface area contributed by atoms with Crippen LogP contribution in [-0.2, 0) is 0 Å². The van der Waals surface area contributed by atoms with E-state index >= 15 is 0 Å². The van der Waals surface area contributed by atoms with E-state index in [1.54, 1.807) is 42.7 Å². The molecule has 0 fully saturated rings. The van der Waals surface area contributed by atoms with Crippen LogP contribution in [0.2, 0.25) is 0 Å². The summed E-state index contributed by atoms with van der Waals surface area (Å²) in [6, 6.07) is 11.2. The Bertz CT molecular complexity index is 865. The SMILES string of the molecule is O=C(Nc1ccc(Oc2ncccn2)cc1)c1ccc([N+](=O)[O-])s1. The Morgan fingerprint density at radius 1 is 1.12 bits per heavy atom. The van der Waals surface area contributed by atoms with Crippen LogP contribution in [0.15, 0.2) is 54.9 Å². The Morgan fingerprint density at radius 2 is 1.83 bits per heavy atom. The molecule has 2 aromatic heterocycles. The maximum Gasteiger partial charge on any atom is 0.324 e. The van der Waals surface area contributed by atoms with Gasteiger partial charge in [0.15, 0.2) is 0 Å². The van der Waals surface area contributed by atoms with Gasteiger partial charge in [-0.25, -0.2) is 9.97 Å². The Hall–Kier alpha value is -3.33. The lowest BCUT2D eigenvalue weighted by atomic mass is 10.3. The molecule has 0 aliphatic rings. The normalized spacial score (nSPS) is 10.2. The molecule has 0 saturated heterocycles. The van der Waals surface area contributed by atoms with Gasteiger partial charge in [0.05, 0.1) is 9.80 Å². The molecule has 120 valence electrons. The fourth-order valence-corrected chi connectivity index (χ4v) is 2.51. The molecule has 24 heavy (non-hydrogen) atoms. The molecule has 0 unspecified atom stereocenters. The molecule has 9 heteroatoms. The highest BCUT2D eigenvalue weighted by Crippen LogP contribution is 2.25. The summed E-state index contributed by atoms with van der Waals surface area (Å²) in [7, 11) is 0. The number of carbonyl (C=O) groups excluding carboxylic acids is 1. The molecule has 1 amide bonds. The fourth-order valence-electron chi connectivity index (χ4n) is 1.79. The average Bonchev–Trinajstić information content (AvgIpc) is 3.08. The van der Waals surface area contributed by atoms with Crippen LogP contribution in [0.25, 0.3) is 0 Å². The first-order valence-corrected chi connectivity index (χ1v) is 7.54. The monoisotopic (exact) mass is 342 g/mol. The molecule has 0 spiro atoms. The van der Waals surface area contributed by atoms with Crippen molar-refractivity contribution in [2.24, 2.45) is 0 Å². The third-order valence-corrected chi connectivity index (χ3v) is 3.89. The summed E-state index contributed by atoms with van der Waals surface area (Å²) in [6.45, 7) is 0. The topological polar surface area (TPSA) is 107 Å². The molecule has 3 aromatic rings.